The van der Waals surface area contributed by atoms with Gasteiger partial charge in [-0.3, -0.25) is 0 Å². The Balaban J connectivity index is 2.32. The third-order valence-corrected chi connectivity index (χ3v) is 3.03. The van der Waals surface area contributed by atoms with Gasteiger partial charge in [-0.15, -0.1) is 0 Å². The van der Waals surface area contributed by atoms with Gasteiger partial charge in [0.25, 0.3) is 5.92 Å². The summed E-state index contributed by atoms with van der Waals surface area (Å²) < 4.78 is 45.4. The van der Waals surface area contributed by atoms with Crippen molar-refractivity contribution in [3.63, 3.8) is 0 Å². The van der Waals surface area contributed by atoms with Gasteiger partial charge in [-0.05, 0) is 6.42 Å². The summed E-state index contributed by atoms with van der Waals surface area (Å²) in [6.45, 7) is -0.0728. The zero-order valence-corrected chi connectivity index (χ0v) is 10.0. The Labute approximate surface area is 103 Å². The molecule has 3 nitrogen and oxygen atoms in total. The first-order valence-electron chi connectivity index (χ1n) is 5.69. The van der Waals surface area contributed by atoms with Crippen molar-refractivity contribution in [3.05, 3.63) is 17.9 Å². The maximum atomic E-state index is 13.8. The quantitative estimate of drug-likeness (QED) is 0.831. The van der Waals surface area contributed by atoms with Crippen LogP contribution >= 0.6 is 0 Å². The van der Waals surface area contributed by atoms with Crippen molar-refractivity contribution in [3.8, 4) is 5.75 Å². The van der Waals surface area contributed by atoms with Crippen molar-refractivity contribution >= 4 is 11.4 Å². The number of alkyl halides is 2. The monoisotopic (exact) mass is 260 g/mol. The van der Waals surface area contributed by atoms with Crippen molar-refractivity contribution < 1.29 is 17.9 Å². The van der Waals surface area contributed by atoms with Gasteiger partial charge in [0.05, 0.1) is 25.0 Å². The minimum atomic E-state index is -2.78. The van der Waals surface area contributed by atoms with Crippen LogP contribution in [0.1, 0.15) is 12.8 Å². The molecule has 6 heteroatoms. The van der Waals surface area contributed by atoms with Gasteiger partial charge in [0.2, 0.25) is 0 Å². The minimum absolute atomic E-state index is 0.112. The molecule has 0 unspecified atom stereocenters. The fourth-order valence-corrected chi connectivity index (χ4v) is 2.15. The lowest BCUT2D eigenvalue weighted by atomic mass is 10.1. The smallest absolute Gasteiger partial charge is 0.265 e. The highest BCUT2D eigenvalue weighted by molar-refractivity contribution is 5.63. The zero-order valence-electron chi connectivity index (χ0n) is 10.0. The van der Waals surface area contributed by atoms with E-state index in [0.29, 0.717) is 18.7 Å². The van der Waals surface area contributed by atoms with Gasteiger partial charge in [-0.1, -0.05) is 0 Å². The molecule has 0 bridgehead atoms. The molecule has 0 saturated carbocycles. The Hall–Kier alpha value is -1.59. The summed E-state index contributed by atoms with van der Waals surface area (Å²) in [7, 11) is 1.40. The number of nitrogen functional groups attached to an aromatic ring is 1. The lowest BCUT2D eigenvalue weighted by Gasteiger charge is -2.34. The summed E-state index contributed by atoms with van der Waals surface area (Å²) in [5.74, 6) is -3.09. The number of halogens is 3. The number of hydrogen-bond donors (Lipinski definition) is 1. The Morgan fingerprint density at radius 2 is 2.11 bits per heavy atom. The largest absolute Gasteiger partial charge is 0.495 e. The number of nitrogens with zero attached hydrogens (tertiary/aromatic N) is 1. The van der Waals surface area contributed by atoms with Crippen LogP contribution in [0.5, 0.6) is 5.75 Å². The van der Waals surface area contributed by atoms with Crippen molar-refractivity contribution in [1.29, 1.82) is 0 Å². The number of hydrogen-bond acceptors (Lipinski definition) is 3. The summed E-state index contributed by atoms with van der Waals surface area (Å²) in [6, 6.07) is 2.47. The van der Waals surface area contributed by atoms with E-state index in [1.807, 2.05) is 0 Å². The molecular weight excluding hydrogens is 245 g/mol. The Bertz CT molecular complexity index is 451. The molecule has 1 aromatic carbocycles. The average molecular weight is 260 g/mol. The van der Waals surface area contributed by atoms with E-state index in [2.05, 4.69) is 0 Å². The topological polar surface area (TPSA) is 38.5 Å². The normalized spacial score (nSPS) is 18.8. The highest BCUT2D eigenvalue weighted by Crippen LogP contribution is 2.35. The Morgan fingerprint density at radius 3 is 2.72 bits per heavy atom. The number of methoxy groups -OCH3 is 1. The second-order valence-corrected chi connectivity index (χ2v) is 4.43. The second-order valence-electron chi connectivity index (χ2n) is 4.43. The molecule has 2 N–H and O–H groups in total. The fourth-order valence-electron chi connectivity index (χ4n) is 2.15. The molecule has 1 fully saturated rings. The van der Waals surface area contributed by atoms with Gasteiger partial charge >= 0.3 is 0 Å². The number of rotatable bonds is 2. The molecule has 0 aliphatic carbocycles. The van der Waals surface area contributed by atoms with Crippen molar-refractivity contribution in [2.24, 2.45) is 0 Å². The molecule has 1 saturated heterocycles. The van der Waals surface area contributed by atoms with Crippen LogP contribution < -0.4 is 15.4 Å². The van der Waals surface area contributed by atoms with Gasteiger partial charge in [-0.2, -0.15) is 0 Å². The lowest BCUT2D eigenvalue weighted by molar-refractivity contribution is -0.0118. The van der Waals surface area contributed by atoms with Crippen LogP contribution in [0.2, 0.25) is 0 Å². The summed E-state index contributed by atoms with van der Waals surface area (Å²) in [4.78, 5) is 1.33. The first kappa shape index (κ1) is 12.9. The van der Waals surface area contributed by atoms with E-state index in [1.54, 1.807) is 0 Å². The number of benzene rings is 1. The molecule has 1 aliphatic heterocycles. The van der Waals surface area contributed by atoms with Gasteiger partial charge in [0, 0.05) is 25.1 Å². The number of piperidine rings is 1. The Morgan fingerprint density at radius 1 is 1.39 bits per heavy atom. The van der Waals surface area contributed by atoms with Crippen LogP contribution in [0.25, 0.3) is 0 Å². The average Bonchev–Trinajstić information content (AvgIpc) is 2.27. The molecule has 1 aromatic rings. The summed E-state index contributed by atoms with van der Waals surface area (Å²) in [5, 5.41) is 0. The second kappa shape index (κ2) is 4.59. The summed E-state index contributed by atoms with van der Waals surface area (Å²) in [6.07, 6.45) is 0.177. The molecule has 0 atom stereocenters. The highest BCUT2D eigenvalue weighted by Gasteiger charge is 2.36. The SMILES string of the molecule is COc1cc(N2CCCC(F)(F)C2)c(F)cc1N. The molecule has 0 radical (unpaired) electrons. The molecule has 100 valence electrons. The predicted octanol–water partition coefficient (Wildman–Crippen LogP) is 2.65. The van der Waals surface area contributed by atoms with Crippen LogP contribution in [0.3, 0.4) is 0 Å². The van der Waals surface area contributed by atoms with Gasteiger partial charge < -0.3 is 15.4 Å². The molecule has 18 heavy (non-hydrogen) atoms. The van der Waals surface area contributed by atoms with Crippen molar-refractivity contribution in [2.75, 3.05) is 30.8 Å². The number of anilines is 2. The highest BCUT2D eigenvalue weighted by atomic mass is 19.3. The van der Waals surface area contributed by atoms with Crippen LogP contribution in [0.4, 0.5) is 24.5 Å². The molecule has 0 spiro atoms. The molecule has 0 aromatic heterocycles. The van der Waals surface area contributed by atoms with E-state index >= 15 is 0 Å². The molecule has 0 amide bonds. The maximum Gasteiger partial charge on any atom is 0.265 e. The van der Waals surface area contributed by atoms with Gasteiger partial charge in [0.15, 0.2) is 0 Å². The van der Waals surface area contributed by atoms with E-state index in [1.165, 1.54) is 18.1 Å². The molecule has 2 rings (SSSR count). The van der Waals surface area contributed by atoms with Gasteiger partial charge in [-0.25, -0.2) is 13.2 Å². The van der Waals surface area contributed by atoms with Crippen LogP contribution in [-0.4, -0.2) is 26.1 Å². The first-order chi connectivity index (χ1) is 8.43. The van der Waals surface area contributed by atoms with Crippen LogP contribution in [-0.2, 0) is 0 Å². The predicted molar refractivity (Wildman–Crippen MR) is 63.8 cm³/mol. The van der Waals surface area contributed by atoms with Crippen molar-refractivity contribution in [1.82, 2.24) is 0 Å². The Kier molecular flexibility index (Phi) is 3.28. The number of ether oxygens (including phenoxy) is 1. The van der Waals surface area contributed by atoms with E-state index < -0.39 is 18.3 Å². The molecule has 1 aliphatic rings. The van der Waals surface area contributed by atoms with Gasteiger partial charge in [0.1, 0.15) is 11.6 Å². The van der Waals surface area contributed by atoms with E-state index in [9.17, 15) is 13.2 Å². The number of nitrogens with two attached hydrogens (primary N) is 1. The van der Waals surface area contributed by atoms with Crippen molar-refractivity contribution in [2.45, 2.75) is 18.8 Å². The molecular formula is C12H15F3N2O. The van der Waals surface area contributed by atoms with Crippen LogP contribution in [0.15, 0.2) is 12.1 Å². The maximum absolute atomic E-state index is 13.8. The third kappa shape index (κ3) is 2.47. The summed E-state index contributed by atoms with van der Waals surface area (Å²) in [5.41, 5.74) is 5.82. The third-order valence-electron chi connectivity index (χ3n) is 3.03. The molecule has 1 heterocycles. The minimum Gasteiger partial charge on any atom is -0.495 e. The fraction of sp³-hybridized carbons (Fsp3) is 0.500. The van der Waals surface area contributed by atoms with E-state index in [4.69, 9.17) is 10.5 Å². The first-order valence-corrected chi connectivity index (χ1v) is 5.69. The van der Waals surface area contributed by atoms with Crippen LogP contribution in [0, 0.1) is 5.82 Å². The summed E-state index contributed by atoms with van der Waals surface area (Å²) >= 11 is 0. The van der Waals surface area contributed by atoms with E-state index in [-0.39, 0.29) is 17.8 Å². The van der Waals surface area contributed by atoms with E-state index in [0.717, 1.165) is 6.07 Å². The standard InChI is InChI=1S/C12H15F3N2O/c1-18-11-6-10(8(13)5-9(11)16)17-4-2-3-12(14,15)7-17/h5-6H,2-4,7,16H2,1H3. The lowest BCUT2D eigenvalue weighted by Crippen LogP contribution is -2.43. The zero-order chi connectivity index (χ0) is 13.3.